The van der Waals surface area contributed by atoms with Gasteiger partial charge in [0.1, 0.15) is 5.69 Å². The molecule has 0 spiro atoms. The van der Waals surface area contributed by atoms with E-state index in [2.05, 4.69) is 84.0 Å². The number of hydrogen-bond acceptors (Lipinski definition) is 4. The van der Waals surface area contributed by atoms with Gasteiger partial charge in [0.2, 0.25) is 0 Å². The maximum Gasteiger partial charge on any atom is 0.116 e. The SMILES string of the molecule is C=C/C(=C\C(=C/C)c1ccc2[nH]nc(-c3cc4c(-c5ccc(C)s5)nccc4[nH]3)c2c1)CN1CCCCC1. The van der Waals surface area contributed by atoms with Crippen LogP contribution in [-0.4, -0.2) is 44.7 Å². The summed E-state index contributed by atoms with van der Waals surface area (Å²) in [5.41, 5.74) is 8.63. The summed E-state index contributed by atoms with van der Waals surface area (Å²) in [6.45, 7) is 11.6. The Morgan fingerprint density at radius 3 is 2.63 bits per heavy atom. The number of H-pyrrole nitrogens is 2. The molecule has 0 amide bonds. The highest BCUT2D eigenvalue weighted by Crippen LogP contribution is 2.36. The fourth-order valence-electron chi connectivity index (χ4n) is 5.42. The van der Waals surface area contributed by atoms with Crippen molar-refractivity contribution in [3.8, 4) is 22.0 Å². The lowest BCUT2D eigenvalue weighted by Crippen LogP contribution is -2.31. The van der Waals surface area contributed by atoms with Gasteiger partial charge in [0.05, 0.1) is 21.8 Å². The molecule has 1 fully saturated rings. The zero-order valence-corrected chi connectivity index (χ0v) is 22.9. The van der Waals surface area contributed by atoms with Gasteiger partial charge in [0.15, 0.2) is 0 Å². The topological polar surface area (TPSA) is 60.6 Å². The molecule has 6 heteroatoms. The Balaban J connectivity index is 1.36. The van der Waals surface area contributed by atoms with E-state index in [-0.39, 0.29) is 0 Å². The largest absolute Gasteiger partial charge is 0.353 e. The van der Waals surface area contributed by atoms with Crippen LogP contribution in [0.5, 0.6) is 0 Å². The van der Waals surface area contributed by atoms with Crippen molar-refractivity contribution >= 4 is 38.7 Å². The van der Waals surface area contributed by atoms with Crippen LogP contribution in [0, 0.1) is 6.92 Å². The molecule has 5 heterocycles. The van der Waals surface area contributed by atoms with E-state index < -0.39 is 0 Å². The van der Waals surface area contributed by atoms with E-state index in [0.29, 0.717) is 0 Å². The van der Waals surface area contributed by atoms with Gasteiger partial charge in [0.25, 0.3) is 0 Å². The first-order valence-corrected chi connectivity index (χ1v) is 14.2. The second-order valence-electron chi connectivity index (χ2n) is 10.1. The maximum absolute atomic E-state index is 4.72. The van der Waals surface area contributed by atoms with Crippen LogP contribution < -0.4 is 0 Å². The molecule has 1 aliphatic rings. The molecule has 2 N–H and O–H groups in total. The number of benzene rings is 1. The Morgan fingerprint density at radius 2 is 1.87 bits per heavy atom. The summed E-state index contributed by atoms with van der Waals surface area (Å²) < 4.78 is 0. The molecule has 5 nitrogen and oxygen atoms in total. The number of fused-ring (bicyclic) bond motifs is 2. The van der Waals surface area contributed by atoms with Crippen LogP contribution >= 0.6 is 11.3 Å². The van der Waals surface area contributed by atoms with Crippen molar-refractivity contribution in [1.29, 1.82) is 0 Å². The molecule has 0 aliphatic carbocycles. The summed E-state index contributed by atoms with van der Waals surface area (Å²) in [5.74, 6) is 0. The molecular weight excluding hydrogens is 486 g/mol. The predicted molar refractivity (Wildman–Crippen MR) is 161 cm³/mol. The third-order valence-corrected chi connectivity index (χ3v) is 8.45. The Labute approximate surface area is 227 Å². The highest BCUT2D eigenvalue weighted by atomic mass is 32.1. The predicted octanol–water partition coefficient (Wildman–Crippen LogP) is 8.14. The molecule has 4 aromatic heterocycles. The number of likely N-dealkylation sites (tertiary alicyclic amines) is 1. The summed E-state index contributed by atoms with van der Waals surface area (Å²) in [5, 5.41) is 10.2. The first-order valence-electron chi connectivity index (χ1n) is 13.4. The average molecular weight is 520 g/mol. The smallest absolute Gasteiger partial charge is 0.116 e. The Bertz CT molecular complexity index is 1670. The number of nitrogens with one attached hydrogen (secondary N) is 2. The highest BCUT2D eigenvalue weighted by molar-refractivity contribution is 7.15. The molecule has 1 aromatic carbocycles. The van der Waals surface area contributed by atoms with Crippen LogP contribution in [0.1, 0.15) is 36.6 Å². The van der Waals surface area contributed by atoms with Gasteiger partial charge >= 0.3 is 0 Å². The van der Waals surface area contributed by atoms with Crippen molar-refractivity contribution in [2.75, 3.05) is 19.6 Å². The average Bonchev–Trinajstić information content (AvgIpc) is 3.68. The molecule has 192 valence electrons. The molecule has 38 heavy (non-hydrogen) atoms. The lowest BCUT2D eigenvalue weighted by Gasteiger charge is -2.26. The van der Waals surface area contributed by atoms with Gasteiger partial charge < -0.3 is 4.98 Å². The summed E-state index contributed by atoms with van der Waals surface area (Å²) in [4.78, 5) is 13.3. The van der Waals surface area contributed by atoms with Crippen LogP contribution in [0.3, 0.4) is 0 Å². The highest BCUT2D eigenvalue weighted by Gasteiger charge is 2.16. The molecule has 0 atom stereocenters. The van der Waals surface area contributed by atoms with E-state index in [0.717, 1.165) is 45.4 Å². The zero-order valence-electron chi connectivity index (χ0n) is 22.1. The van der Waals surface area contributed by atoms with Crippen molar-refractivity contribution in [3.63, 3.8) is 0 Å². The third-order valence-electron chi connectivity index (χ3n) is 7.44. The lowest BCUT2D eigenvalue weighted by molar-refractivity contribution is 0.248. The second kappa shape index (κ2) is 10.6. The summed E-state index contributed by atoms with van der Waals surface area (Å²) in [6.07, 6.45) is 12.3. The molecule has 0 bridgehead atoms. The first kappa shape index (κ1) is 24.6. The summed E-state index contributed by atoms with van der Waals surface area (Å²) in [6, 6.07) is 15.1. The number of nitrogens with zero attached hydrogens (tertiary/aromatic N) is 3. The molecule has 1 saturated heterocycles. The summed E-state index contributed by atoms with van der Waals surface area (Å²) >= 11 is 1.77. The van der Waals surface area contributed by atoms with Crippen molar-refractivity contribution in [1.82, 2.24) is 25.1 Å². The third kappa shape index (κ3) is 4.77. The van der Waals surface area contributed by atoms with Crippen molar-refractivity contribution in [2.24, 2.45) is 0 Å². The van der Waals surface area contributed by atoms with Gasteiger partial charge in [-0.05, 0) is 92.9 Å². The monoisotopic (exact) mass is 519 g/mol. The van der Waals surface area contributed by atoms with Crippen LogP contribution in [0.15, 0.2) is 79.0 Å². The van der Waals surface area contributed by atoms with E-state index in [1.165, 1.54) is 58.8 Å². The Kier molecular flexibility index (Phi) is 6.83. The Morgan fingerprint density at radius 1 is 1.03 bits per heavy atom. The number of thiophene rings is 1. The van der Waals surface area contributed by atoms with E-state index in [4.69, 9.17) is 10.1 Å². The molecule has 0 radical (unpaired) electrons. The molecular formula is C32H33N5S. The number of piperidine rings is 1. The van der Waals surface area contributed by atoms with Gasteiger partial charge in [-0.25, -0.2) is 0 Å². The number of rotatable bonds is 7. The van der Waals surface area contributed by atoms with Gasteiger partial charge in [0, 0.05) is 33.9 Å². The molecule has 1 aliphatic heterocycles. The van der Waals surface area contributed by atoms with E-state index in [1.54, 1.807) is 11.3 Å². The minimum atomic E-state index is 0.919. The van der Waals surface area contributed by atoms with Crippen LogP contribution in [0.4, 0.5) is 0 Å². The minimum Gasteiger partial charge on any atom is -0.353 e. The van der Waals surface area contributed by atoms with Gasteiger partial charge in [-0.15, -0.1) is 11.3 Å². The van der Waals surface area contributed by atoms with E-state index >= 15 is 0 Å². The lowest BCUT2D eigenvalue weighted by atomic mass is 9.99. The Hall–Kier alpha value is -3.74. The van der Waals surface area contributed by atoms with Gasteiger partial charge in [-0.1, -0.05) is 37.3 Å². The van der Waals surface area contributed by atoms with E-state index in [1.807, 2.05) is 18.3 Å². The van der Waals surface area contributed by atoms with Gasteiger partial charge in [-0.3, -0.25) is 15.0 Å². The number of aromatic amines is 2. The van der Waals surface area contributed by atoms with Crippen LogP contribution in [-0.2, 0) is 0 Å². The number of aromatic nitrogens is 4. The molecule has 5 aromatic rings. The van der Waals surface area contributed by atoms with Gasteiger partial charge in [-0.2, -0.15) is 5.10 Å². The van der Waals surface area contributed by atoms with E-state index in [9.17, 15) is 0 Å². The van der Waals surface area contributed by atoms with Crippen molar-refractivity contribution in [3.05, 3.63) is 89.5 Å². The van der Waals surface area contributed by atoms with Crippen molar-refractivity contribution < 1.29 is 0 Å². The first-order chi connectivity index (χ1) is 18.6. The van der Waals surface area contributed by atoms with Crippen LogP contribution in [0.25, 0.3) is 49.3 Å². The number of aryl methyl sites for hydroxylation is 1. The molecule has 0 unspecified atom stereocenters. The molecule has 0 saturated carbocycles. The van der Waals surface area contributed by atoms with Crippen molar-refractivity contribution in [2.45, 2.75) is 33.1 Å². The number of allylic oxidation sites excluding steroid dienone is 3. The van der Waals surface area contributed by atoms with Crippen LogP contribution in [0.2, 0.25) is 0 Å². The fraction of sp³-hybridized carbons (Fsp3) is 0.250. The molecule has 6 rings (SSSR count). The maximum atomic E-state index is 4.72. The zero-order chi connectivity index (χ0) is 26.1. The number of hydrogen-bond donors (Lipinski definition) is 2. The second-order valence-corrected chi connectivity index (χ2v) is 11.3. The summed E-state index contributed by atoms with van der Waals surface area (Å²) in [7, 11) is 0. The quantitative estimate of drug-likeness (QED) is 0.213. The normalized spacial score (nSPS) is 15.5. The number of pyridine rings is 1. The minimum absolute atomic E-state index is 0.919. The standard InChI is InChI=1S/C32H33N5S/c1-4-22(20-37-15-7-6-8-16-37)17-23(5-2)24-10-11-28-25(18-24)31(36-35-28)29-19-26-27(34-29)13-14-33-32(26)30-12-9-21(3)38-30/h4-5,9-14,17-19,34H,1,6-8,15-16,20H2,2-3H3,(H,35,36)/b22-17+,23-5+. The fourth-order valence-corrected chi connectivity index (χ4v) is 6.29.